The van der Waals surface area contributed by atoms with E-state index in [-0.39, 0.29) is 10.9 Å². The normalized spacial score (nSPS) is 12.4. The lowest BCUT2D eigenvalue weighted by Gasteiger charge is -2.08. The molecule has 1 aliphatic rings. The Hall–Kier alpha value is -2.46. The molecule has 0 N–H and O–H groups in total. The predicted molar refractivity (Wildman–Crippen MR) is 80.0 cm³/mol. The molecule has 4 nitrogen and oxygen atoms in total. The van der Waals surface area contributed by atoms with E-state index in [1.54, 1.807) is 31.5 Å². The molecular weight excluding hydrogens is 288 g/mol. The Bertz CT molecular complexity index is 922. The highest BCUT2D eigenvalue weighted by molar-refractivity contribution is 6.38. The second kappa shape index (κ2) is 4.27. The Labute approximate surface area is 125 Å². The fourth-order valence-corrected chi connectivity index (χ4v) is 2.99. The molecule has 0 unspecified atom stereocenters. The molecule has 1 aromatic carbocycles. The van der Waals surface area contributed by atoms with Crippen LogP contribution < -0.4 is 4.74 Å². The van der Waals surface area contributed by atoms with E-state index in [0.717, 1.165) is 10.9 Å². The average Bonchev–Trinajstić information content (AvgIpc) is 2.81. The minimum Gasteiger partial charge on any atom is -0.497 e. The van der Waals surface area contributed by atoms with Crippen LogP contribution in [0, 0.1) is 0 Å². The van der Waals surface area contributed by atoms with Crippen LogP contribution in [0.1, 0.15) is 15.9 Å². The molecule has 0 saturated heterocycles. The number of carbonyl (C=O) groups is 1. The smallest absolute Gasteiger partial charge is 0.199 e. The van der Waals surface area contributed by atoms with Gasteiger partial charge in [0, 0.05) is 28.8 Å². The number of nitrogens with zero attached hydrogens (tertiary/aromatic N) is 2. The van der Waals surface area contributed by atoms with E-state index in [4.69, 9.17) is 16.3 Å². The summed E-state index contributed by atoms with van der Waals surface area (Å²) in [5.74, 6) is 0.569. The van der Waals surface area contributed by atoms with Gasteiger partial charge in [-0.15, -0.1) is 0 Å². The monoisotopic (exact) mass is 296 g/mol. The van der Waals surface area contributed by atoms with E-state index >= 15 is 0 Å². The van der Waals surface area contributed by atoms with Gasteiger partial charge in [-0.05, 0) is 24.3 Å². The molecule has 2 heterocycles. The Morgan fingerprint density at radius 2 is 2.05 bits per heavy atom. The van der Waals surface area contributed by atoms with Gasteiger partial charge in [0.2, 0.25) is 0 Å². The molecule has 0 bridgehead atoms. The van der Waals surface area contributed by atoms with Crippen molar-refractivity contribution in [2.75, 3.05) is 7.11 Å². The second-order valence-corrected chi connectivity index (χ2v) is 5.12. The highest BCUT2D eigenvalue weighted by Crippen LogP contribution is 2.42. The van der Waals surface area contributed by atoms with Crippen molar-refractivity contribution in [3.8, 4) is 17.0 Å². The van der Waals surface area contributed by atoms with Crippen molar-refractivity contribution >= 4 is 28.3 Å². The third-order valence-electron chi connectivity index (χ3n) is 3.67. The van der Waals surface area contributed by atoms with E-state index in [1.165, 1.54) is 0 Å². The van der Waals surface area contributed by atoms with E-state index < -0.39 is 0 Å². The summed E-state index contributed by atoms with van der Waals surface area (Å²) in [7, 11) is 1.59. The molecule has 0 saturated carbocycles. The van der Waals surface area contributed by atoms with Crippen LogP contribution in [0.15, 0.2) is 36.5 Å². The Morgan fingerprint density at radius 1 is 1.19 bits per heavy atom. The largest absolute Gasteiger partial charge is 0.497 e. The fraction of sp³-hybridized carbons (Fsp3) is 0.0625. The zero-order chi connectivity index (χ0) is 14.6. The topological polar surface area (TPSA) is 52.1 Å². The molecule has 0 atom stereocenters. The fourth-order valence-electron chi connectivity index (χ4n) is 2.72. The van der Waals surface area contributed by atoms with Gasteiger partial charge in [-0.1, -0.05) is 11.6 Å². The molecule has 0 fully saturated rings. The standard InChI is InChI=1S/C16H9ClN2O2/c1-21-8-4-5-9-11(7-8)19-16(17)13-12(9)14-10(15(13)20)3-2-6-18-14/h2-7H,1H3. The molecule has 1 aliphatic carbocycles. The molecule has 0 amide bonds. The predicted octanol–water partition coefficient (Wildman–Crippen LogP) is 3.50. The molecule has 0 radical (unpaired) electrons. The van der Waals surface area contributed by atoms with Crippen LogP contribution in [0.5, 0.6) is 5.75 Å². The van der Waals surface area contributed by atoms with Crippen LogP contribution in [0.25, 0.3) is 22.2 Å². The van der Waals surface area contributed by atoms with Crippen molar-refractivity contribution < 1.29 is 9.53 Å². The quantitative estimate of drug-likeness (QED) is 0.504. The van der Waals surface area contributed by atoms with Crippen molar-refractivity contribution in [2.45, 2.75) is 0 Å². The van der Waals surface area contributed by atoms with Gasteiger partial charge < -0.3 is 4.74 Å². The molecule has 2 aromatic heterocycles. The highest BCUT2D eigenvalue weighted by atomic mass is 35.5. The Balaban J connectivity index is 2.16. The minimum atomic E-state index is -0.122. The second-order valence-electron chi connectivity index (χ2n) is 4.76. The minimum absolute atomic E-state index is 0.122. The summed E-state index contributed by atoms with van der Waals surface area (Å²) in [6, 6.07) is 9.02. The Kier molecular flexibility index (Phi) is 2.50. The number of hydrogen-bond acceptors (Lipinski definition) is 4. The lowest BCUT2D eigenvalue weighted by atomic mass is 10.0. The van der Waals surface area contributed by atoms with Crippen molar-refractivity contribution in [2.24, 2.45) is 0 Å². The van der Waals surface area contributed by atoms with Gasteiger partial charge in [0.05, 0.1) is 23.9 Å². The maximum absolute atomic E-state index is 12.5. The van der Waals surface area contributed by atoms with Gasteiger partial charge in [-0.25, -0.2) is 4.98 Å². The zero-order valence-corrected chi connectivity index (χ0v) is 11.8. The van der Waals surface area contributed by atoms with Crippen LogP contribution in [0.2, 0.25) is 5.15 Å². The van der Waals surface area contributed by atoms with Gasteiger partial charge in [0.1, 0.15) is 10.9 Å². The maximum atomic E-state index is 12.5. The summed E-state index contributed by atoms with van der Waals surface area (Å²) in [4.78, 5) is 21.2. The first kappa shape index (κ1) is 12.3. The molecular formula is C16H9ClN2O2. The summed E-state index contributed by atoms with van der Waals surface area (Å²) in [6.45, 7) is 0. The SMILES string of the molecule is COc1ccc2c3c(c(Cl)nc2c1)C(=O)c1cccnc1-3. The number of hydrogen-bond donors (Lipinski definition) is 0. The van der Waals surface area contributed by atoms with E-state index in [0.29, 0.717) is 28.1 Å². The first-order valence-electron chi connectivity index (χ1n) is 6.38. The van der Waals surface area contributed by atoms with Gasteiger partial charge >= 0.3 is 0 Å². The summed E-state index contributed by atoms with van der Waals surface area (Å²) in [6.07, 6.45) is 1.67. The number of fused-ring (bicyclic) bond motifs is 5. The third kappa shape index (κ3) is 1.59. The van der Waals surface area contributed by atoms with Gasteiger partial charge in [-0.2, -0.15) is 0 Å². The Morgan fingerprint density at radius 3 is 2.86 bits per heavy atom. The van der Waals surface area contributed by atoms with Crippen molar-refractivity contribution in [1.82, 2.24) is 9.97 Å². The number of rotatable bonds is 1. The number of benzene rings is 1. The van der Waals surface area contributed by atoms with Crippen LogP contribution in [-0.2, 0) is 0 Å². The van der Waals surface area contributed by atoms with E-state index in [1.807, 2.05) is 12.1 Å². The van der Waals surface area contributed by atoms with Crippen LogP contribution in [0.4, 0.5) is 0 Å². The summed E-state index contributed by atoms with van der Waals surface area (Å²) >= 11 is 6.23. The highest BCUT2D eigenvalue weighted by Gasteiger charge is 2.32. The van der Waals surface area contributed by atoms with Gasteiger partial charge in [-0.3, -0.25) is 9.78 Å². The third-order valence-corrected chi connectivity index (χ3v) is 3.94. The molecule has 0 spiro atoms. The van der Waals surface area contributed by atoms with Gasteiger partial charge in [0.15, 0.2) is 5.78 Å². The van der Waals surface area contributed by atoms with Crippen molar-refractivity contribution in [3.05, 3.63) is 52.8 Å². The van der Waals surface area contributed by atoms with Gasteiger partial charge in [0.25, 0.3) is 0 Å². The lowest BCUT2D eigenvalue weighted by Crippen LogP contribution is -1.98. The summed E-state index contributed by atoms with van der Waals surface area (Å²) in [5.41, 5.74) is 3.11. The van der Waals surface area contributed by atoms with E-state index in [9.17, 15) is 4.79 Å². The maximum Gasteiger partial charge on any atom is 0.199 e. The van der Waals surface area contributed by atoms with E-state index in [2.05, 4.69) is 9.97 Å². The van der Waals surface area contributed by atoms with Crippen molar-refractivity contribution in [1.29, 1.82) is 0 Å². The summed E-state index contributed by atoms with van der Waals surface area (Å²) < 4.78 is 5.21. The first-order chi connectivity index (χ1) is 10.2. The summed E-state index contributed by atoms with van der Waals surface area (Å²) in [5, 5.41) is 1.05. The van der Waals surface area contributed by atoms with Crippen LogP contribution in [-0.4, -0.2) is 22.9 Å². The average molecular weight is 297 g/mol. The molecule has 4 rings (SSSR count). The van der Waals surface area contributed by atoms with Crippen LogP contribution >= 0.6 is 11.6 Å². The number of ketones is 1. The number of halogens is 1. The zero-order valence-electron chi connectivity index (χ0n) is 11.1. The number of methoxy groups -OCH3 is 1. The number of pyridine rings is 2. The van der Waals surface area contributed by atoms with Crippen LogP contribution in [0.3, 0.4) is 0 Å². The molecule has 102 valence electrons. The number of aromatic nitrogens is 2. The molecule has 5 heteroatoms. The molecule has 21 heavy (non-hydrogen) atoms. The number of carbonyl (C=O) groups excluding carboxylic acids is 1. The lowest BCUT2D eigenvalue weighted by molar-refractivity contribution is 0.104. The molecule has 0 aliphatic heterocycles. The molecule has 3 aromatic rings. The first-order valence-corrected chi connectivity index (χ1v) is 6.76. The van der Waals surface area contributed by atoms with Crippen molar-refractivity contribution in [3.63, 3.8) is 0 Å². The number of ether oxygens (including phenoxy) is 1.